The number of carbonyl (C=O) groups excluding carboxylic acids is 1. The van der Waals surface area contributed by atoms with E-state index in [1.165, 1.54) is 13.0 Å². The van der Waals surface area contributed by atoms with Gasteiger partial charge in [0, 0.05) is 18.4 Å². The van der Waals surface area contributed by atoms with Gasteiger partial charge in [0.05, 0.1) is 11.5 Å². The zero-order valence-electron chi connectivity index (χ0n) is 12.4. The molecule has 124 valence electrons. The van der Waals surface area contributed by atoms with Crippen molar-refractivity contribution < 1.29 is 17.9 Å². The number of esters is 1. The second-order valence-electron chi connectivity index (χ2n) is 4.56. The maximum Gasteiger partial charge on any atom is 0.302 e. The largest absolute Gasteiger partial charge is 0.465 e. The van der Waals surface area contributed by atoms with Crippen molar-refractivity contribution >= 4 is 44.1 Å². The molecular formula is C13H14ClN3O4S2. The summed E-state index contributed by atoms with van der Waals surface area (Å²) in [6.07, 6.45) is 0.370. The van der Waals surface area contributed by atoms with Crippen molar-refractivity contribution in [2.24, 2.45) is 0 Å². The second kappa shape index (κ2) is 7.24. The smallest absolute Gasteiger partial charge is 0.302 e. The number of benzene rings is 1. The van der Waals surface area contributed by atoms with Gasteiger partial charge in [-0.05, 0) is 24.6 Å². The molecule has 2 rings (SSSR count). The average Bonchev–Trinajstić information content (AvgIpc) is 2.88. The van der Waals surface area contributed by atoms with E-state index < -0.39 is 10.0 Å². The Labute approximate surface area is 142 Å². The van der Waals surface area contributed by atoms with Crippen molar-refractivity contribution in [3.05, 3.63) is 33.8 Å². The van der Waals surface area contributed by atoms with Gasteiger partial charge in [-0.25, -0.2) is 8.42 Å². The van der Waals surface area contributed by atoms with Gasteiger partial charge in [-0.3, -0.25) is 9.52 Å². The monoisotopic (exact) mass is 375 g/mol. The van der Waals surface area contributed by atoms with E-state index in [1.807, 2.05) is 0 Å². The van der Waals surface area contributed by atoms with Gasteiger partial charge in [-0.15, -0.1) is 10.2 Å². The Hall–Kier alpha value is -1.71. The van der Waals surface area contributed by atoms with Crippen molar-refractivity contribution in [1.82, 2.24) is 10.2 Å². The third kappa shape index (κ3) is 4.63. The van der Waals surface area contributed by atoms with Crippen LogP contribution in [-0.2, 0) is 26.0 Å². The first-order chi connectivity index (χ1) is 10.8. The molecule has 0 aliphatic rings. The average molecular weight is 376 g/mol. The molecule has 0 radical (unpaired) electrons. The molecule has 23 heavy (non-hydrogen) atoms. The Morgan fingerprint density at radius 3 is 2.83 bits per heavy atom. The molecule has 0 amide bonds. The molecule has 0 bridgehead atoms. The zero-order chi connectivity index (χ0) is 17.0. The molecule has 0 fully saturated rings. The number of nitrogens with zero attached hydrogens (tertiary/aromatic N) is 2. The van der Waals surface area contributed by atoms with Crippen molar-refractivity contribution in [2.45, 2.75) is 25.2 Å². The Balaban J connectivity index is 2.11. The van der Waals surface area contributed by atoms with Gasteiger partial charge in [-0.2, -0.15) is 0 Å². The summed E-state index contributed by atoms with van der Waals surface area (Å²) in [6, 6.07) is 4.65. The SMILES string of the molecule is CC(=O)OCCc1nnc(NS(=O)(=O)c2cccc(Cl)c2C)s1. The van der Waals surface area contributed by atoms with Crippen LogP contribution >= 0.6 is 22.9 Å². The van der Waals surface area contributed by atoms with Gasteiger partial charge < -0.3 is 4.74 Å². The molecule has 0 spiro atoms. The minimum absolute atomic E-state index is 0.0849. The normalized spacial score (nSPS) is 11.3. The lowest BCUT2D eigenvalue weighted by molar-refractivity contribution is -0.140. The molecule has 0 unspecified atom stereocenters. The van der Waals surface area contributed by atoms with E-state index in [1.54, 1.807) is 19.1 Å². The Morgan fingerprint density at radius 2 is 2.13 bits per heavy atom. The van der Waals surface area contributed by atoms with Crippen LogP contribution < -0.4 is 4.72 Å². The van der Waals surface area contributed by atoms with E-state index in [-0.39, 0.29) is 22.6 Å². The molecule has 0 aliphatic carbocycles. The lowest BCUT2D eigenvalue weighted by atomic mass is 10.2. The molecule has 1 aromatic carbocycles. The van der Waals surface area contributed by atoms with Gasteiger partial charge >= 0.3 is 5.97 Å². The predicted molar refractivity (Wildman–Crippen MR) is 87.2 cm³/mol. The van der Waals surface area contributed by atoms with Crippen LogP contribution in [0.4, 0.5) is 5.13 Å². The molecule has 1 N–H and O–H groups in total. The van der Waals surface area contributed by atoms with E-state index in [0.29, 0.717) is 22.0 Å². The minimum atomic E-state index is -3.80. The Kier molecular flexibility index (Phi) is 5.55. The van der Waals surface area contributed by atoms with E-state index in [2.05, 4.69) is 14.9 Å². The Morgan fingerprint density at radius 1 is 1.39 bits per heavy atom. The minimum Gasteiger partial charge on any atom is -0.465 e. The molecule has 7 nitrogen and oxygen atoms in total. The molecular weight excluding hydrogens is 362 g/mol. The van der Waals surface area contributed by atoms with Crippen molar-refractivity contribution in [1.29, 1.82) is 0 Å². The van der Waals surface area contributed by atoms with Gasteiger partial charge in [-0.1, -0.05) is 29.0 Å². The summed E-state index contributed by atoms with van der Waals surface area (Å²) in [6.45, 7) is 3.11. The van der Waals surface area contributed by atoms with Crippen LogP contribution in [0.1, 0.15) is 17.5 Å². The topological polar surface area (TPSA) is 98.2 Å². The van der Waals surface area contributed by atoms with Crippen LogP contribution in [0.2, 0.25) is 5.02 Å². The zero-order valence-corrected chi connectivity index (χ0v) is 14.8. The van der Waals surface area contributed by atoms with E-state index in [9.17, 15) is 13.2 Å². The highest BCUT2D eigenvalue weighted by Crippen LogP contribution is 2.26. The van der Waals surface area contributed by atoms with Gasteiger partial charge in [0.15, 0.2) is 0 Å². The van der Waals surface area contributed by atoms with Gasteiger partial charge in [0.2, 0.25) is 5.13 Å². The maximum absolute atomic E-state index is 12.4. The summed E-state index contributed by atoms with van der Waals surface area (Å²) in [4.78, 5) is 10.8. The molecule has 0 saturated carbocycles. The number of aromatic nitrogens is 2. The lowest BCUT2D eigenvalue weighted by Gasteiger charge is -2.08. The fourth-order valence-corrected chi connectivity index (χ4v) is 4.18. The van der Waals surface area contributed by atoms with E-state index >= 15 is 0 Å². The van der Waals surface area contributed by atoms with Crippen LogP contribution in [-0.4, -0.2) is 31.2 Å². The third-order valence-corrected chi connectivity index (χ3v) is 5.74. The van der Waals surface area contributed by atoms with Crippen LogP contribution in [0.25, 0.3) is 0 Å². The quantitative estimate of drug-likeness (QED) is 0.778. The maximum atomic E-state index is 12.4. The molecule has 2 aromatic rings. The number of halogens is 1. The molecule has 1 heterocycles. The molecule has 0 saturated heterocycles. The molecule has 0 atom stereocenters. The number of nitrogens with one attached hydrogen (secondary N) is 1. The van der Waals surface area contributed by atoms with Crippen LogP contribution in [0, 0.1) is 6.92 Å². The highest BCUT2D eigenvalue weighted by Gasteiger charge is 2.20. The number of sulfonamides is 1. The van der Waals surface area contributed by atoms with E-state index in [0.717, 1.165) is 11.3 Å². The summed E-state index contributed by atoms with van der Waals surface area (Å²) >= 11 is 7.03. The van der Waals surface area contributed by atoms with Crippen molar-refractivity contribution in [2.75, 3.05) is 11.3 Å². The number of ether oxygens (including phenoxy) is 1. The number of anilines is 1. The summed E-state index contributed by atoms with van der Waals surface area (Å²) < 4.78 is 31.9. The first-order valence-electron chi connectivity index (χ1n) is 6.53. The fraction of sp³-hybridized carbons (Fsp3) is 0.308. The number of hydrogen-bond donors (Lipinski definition) is 1. The Bertz CT molecular complexity index is 820. The van der Waals surface area contributed by atoms with Gasteiger partial charge in [0.1, 0.15) is 5.01 Å². The number of rotatable bonds is 6. The predicted octanol–water partition coefficient (Wildman–Crippen LogP) is 2.41. The molecule has 1 aromatic heterocycles. The molecule has 10 heteroatoms. The molecule has 0 aliphatic heterocycles. The second-order valence-corrected chi connectivity index (χ2v) is 7.68. The third-order valence-electron chi connectivity index (χ3n) is 2.82. The van der Waals surface area contributed by atoms with Crippen molar-refractivity contribution in [3.8, 4) is 0 Å². The van der Waals surface area contributed by atoms with Gasteiger partial charge in [0.25, 0.3) is 10.0 Å². The standard InChI is InChI=1S/C13H14ClN3O4S2/c1-8-10(14)4-3-5-11(8)23(19,20)17-13-16-15-12(22-13)6-7-21-9(2)18/h3-5H,6-7H2,1-2H3,(H,16,17). The van der Waals surface area contributed by atoms with Crippen molar-refractivity contribution in [3.63, 3.8) is 0 Å². The number of carbonyl (C=O) groups is 1. The van der Waals surface area contributed by atoms with Crippen LogP contribution in [0.3, 0.4) is 0 Å². The number of hydrogen-bond acceptors (Lipinski definition) is 7. The fourth-order valence-electron chi connectivity index (χ4n) is 1.73. The summed E-state index contributed by atoms with van der Waals surface area (Å²) in [7, 11) is -3.80. The first-order valence-corrected chi connectivity index (χ1v) is 9.21. The van der Waals surface area contributed by atoms with E-state index in [4.69, 9.17) is 16.3 Å². The summed E-state index contributed by atoms with van der Waals surface area (Å²) in [5, 5.41) is 8.71. The first kappa shape index (κ1) is 17.6. The summed E-state index contributed by atoms with van der Waals surface area (Å²) in [5.41, 5.74) is 0.460. The van der Waals surface area contributed by atoms with Crippen LogP contribution in [0.15, 0.2) is 23.1 Å². The lowest BCUT2D eigenvalue weighted by Crippen LogP contribution is -2.14. The highest BCUT2D eigenvalue weighted by atomic mass is 35.5. The summed E-state index contributed by atoms with van der Waals surface area (Å²) in [5.74, 6) is -0.383. The van der Waals surface area contributed by atoms with Crippen LogP contribution in [0.5, 0.6) is 0 Å². The highest BCUT2D eigenvalue weighted by molar-refractivity contribution is 7.93.